The Balaban J connectivity index is 1.56. The fourth-order valence-electron chi connectivity index (χ4n) is 4.29. The number of benzene rings is 2. The SMILES string of the molecule is Cc1nc(-c2ccccc2)nc(N2CCCN(C(=O)Nc3ccccc3Br)CC2)c1C(C)C. The number of anilines is 2. The first-order valence-electron chi connectivity index (χ1n) is 11.4. The molecule has 1 N–H and O–H groups in total. The number of hydrogen-bond donors (Lipinski definition) is 1. The van der Waals surface area contributed by atoms with E-state index in [9.17, 15) is 4.79 Å². The molecular weight excluding hydrogens is 478 g/mol. The zero-order chi connectivity index (χ0) is 23.4. The van der Waals surface area contributed by atoms with Crippen molar-refractivity contribution in [3.63, 3.8) is 0 Å². The topological polar surface area (TPSA) is 61.4 Å². The number of hydrogen-bond acceptors (Lipinski definition) is 4. The van der Waals surface area contributed by atoms with Crippen molar-refractivity contribution in [1.82, 2.24) is 14.9 Å². The number of aryl methyl sites for hydroxylation is 1. The lowest BCUT2D eigenvalue weighted by molar-refractivity contribution is 0.215. The van der Waals surface area contributed by atoms with Gasteiger partial charge in [0.05, 0.1) is 5.69 Å². The van der Waals surface area contributed by atoms with E-state index < -0.39 is 0 Å². The lowest BCUT2D eigenvalue weighted by Gasteiger charge is -2.27. The van der Waals surface area contributed by atoms with Gasteiger partial charge in [0.2, 0.25) is 0 Å². The Morgan fingerprint density at radius 1 is 0.970 bits per heavy atom. The fraction of sp³-hybridized carbons (Fsp3) is 0.346. The van der Waals surface area contributed by atoms with Crippen LogP contribution in [0.15, 0.2) is 59.1 Å². The summed E-state index contributed by atoms with van der Waals surface area (Å²) in [5.41, 5.74) is 3.99. The van der Waals surface area contributed by atoms with Gasteiger partial charge in [-0.15, -0.1) is 0 Å². The van der Waals surface area contributed by atoms with Gasteiger partial charge in [-0.1, -0.05) is 56.3 Å². The molecule has 0 aliphatic carbocycles. The van der Waals surface area contributed by atoms with E-state index in [2.05, 4.69) is 46.9 Å². The number of para-hydroxylation sites is 1. The van der Waals surface area contributed by atoms with Crippen molar-refractivity contribution in [2.45, 2.75) is 33.1 Å². The summed E-state index contributed by atoms with van der Waals surface area (Å²) in [5.74, 6) is 2.05. The van der Waals surface area contributed by atoms with Crippen LogP contribution in [0.2, 0.25) is 0 Å². The number of carbonyl (C=O) groups excluding carboxylic acids is 1. The predicted molar refractivity (Wildman–Crippen MR) is 138 cm³/mol. The van der Waals surface area contributed by atoms with Crippen LogP contribution in [0.1, 0.15) is 37.4 Å². The van der Waals surface area contributed by atoms with E-state index in [-0.39, 0.29) is 6.03 Å². The van der Waals surface area contributed by atoms with Crippen molar-refractivity contribution in [2.75, 3.05) is 36.4 Å². The molecule has 4 rings (SSSR count). The minimum Gasteiger partial charge on any atom is -0.354 e. The second-order valence-electron chi connectivity index (χ2n) is 8.63. The Morgan fingerprint density at radius 2 is 1.70 bits per heavy atom. The summed E-state index contributed by atoms with van der Waals surface area (Å²) in [4.78, 5) is 27.0. The number of amides is 2. The van der Waals surface area contributed by atoms with Gasteiger partial charge in [0.15, 0.2) is 5.82 Å². The molecule has 0 radical (unpaired) electrons. The maximum absolute atomic E-state index is 12.9. The molecule has 1 aliphatic rings. The van der Waals surface area contributed by atoms with Crippen LogP contribution in [0.25, 0.3) is 11.4 Å². The summed E-state index contributed by atoms with van der Waals surface area (Å²) in [6.07, 6.45) is 0.880. The third-order valence-electron chi connectivity index (χ3n) is 5.92. The van der Waals surface area contributed by atoms with Crippen LogP contribution < -0.4 is 10.2 Å². The molecule has 2 amide bonds. The average Bonchev–Trinajstić information content (AvgIpc) is 3.07. The number of nitrogens with one attached hydrogen (secondary N) is 1. The Labute approximate surface area is 204 Å². The molecule has 1 aliphatic heterocycles. The molecule has 0 saturated carbocycles. The summed E-state index contributed by atoms with van der Waals surface area (Å²) >= 11 is 3.50. The molecule has 172 valence electrons. The molecule has 0 bridgehead atoms. The van der Waals surface area contributed by atoms with Crippen molar-refractivity contribution < 1.29 is 4.79 Å². The predicted octanol–water partition coefficient (Wildman–Crippen LogP) is 6.08. The molecule has 0 spiro atoms. The number of urea groups is 1. The van der Waals surface area contributed by atoms with Crippen LogP contribution in [-0.2, 0) is 0 Å². The molecule has 6 nitrogen and oxygen atoms in total. The molecule has 0 atom stereocenters. The van der Waals surface area contributed by atoms with E-state index in [0.717, 1.165) is 52.6 Å². The minimum atomic E-state index is -0.0725. The Kier molecular flexibility index (Phi) is 7.28. The lowest BCUT2D eigenvalue weighted by Crippen LogP contribution is -2.38. The van der Waals surface area contributed by atoms with Crippen LogP contribution in [0.3, 0.4) is 0 Å². The Bertz CT molecular complexity index is 1120. The molecular formula is C26H30BrN5O. The van der Waals surface area contributed by atoms with E-state index in [1.54, 1.807) is 0 Å². The second-order valence-corrected chi connectivity index (χ2v) is 9.48. The van der Waals surface area contributed by atoms with Gasteiger partial charge in [-0.3, -0.25) is 0 Å². The van der Waals surface area contributed by atoms with Gasteiger partial charge in [0.25, 0.3) is 0 Å². The summed E-state index contributed by atoms with van der Waals surface area (Å²) in [7, 11) is 0. The first kappa shape index (κ1) is 23.2. The molecule has 3 aromatic rings. The maximum Gasteiger partial charge on any atom is 0.321 e. The van der Waals surface area contributed by atoms with Gasteiger partial charge in [-0.05, 0) is 47.3 Å². The van der Waals surface area contributed by atoms with Crippen LogP contribution in [0, 0.1) is 6.92 Å². The van der Waals surface area contributed by atoms with Crippen LogP contribution in [0.5, 0.6) is 0 Å². The maximum atomic E-state index is 12.9. The highest BCUT2D eigenvalue weighted by atomic mass is 79.9. The third kappa shape index (κ3) is 5.36. The molecule has 7 heteroatoms. The number of aromatic nitrogens is 2. The highest BCUT2D eigenvalue weighted by Gasteiger charge is 2.25. The van der Waals surface area contributed by atoms with Crippen molar-refractivity contribution in [3.8, 4) is 11.4 Å². The molecule has 33 heavy (non-hydrogen) atoms. The van der Waals surface area contributed by atoms with Gasteiger partial charge >= 0.3 is 6.03 Å². The van der Waals surface area contributed by atoms with E-state index in [1.165, 1.54) is 5.56 Å². The highest BCUT2D eigenvalue weighted by molar-refractivity contribution is 9.10. The minimum absolute atomic E-state index is 0.0725. The third-order valence-corrected chi connectivity index (χ3v) is 6.62. The van der Waals surface area contributed by atoms with Crippen molar-refractivity contribution in [3.05, 3.63) is 70.3 Å². The number of nitrogens with zero attached hydrogens (tertiary/aromatic N) is 4. The quantitative estimate of drug-likeness (QED) is 0.464. The number of rotatable bonds is 4. The summed E-state index contributed by atoms with van der Waals surface area (Å²) in [6.45, 7) is 9.37. The van der Waals surface area contributed by atoms with E-state index in [0.29, 0.717) is 19.0 Å². The zero-order valence-corrected chi connectivity index (χ0v) is 21.0. The van der Waals surface area contributed by atoms with Gasteiger partial charge < -0.3 is 15.1 Å². The summed E-state index contributed by atoms with van der Waals surface area (Å²) in [6, 6.07) is 17.7. The van der Waals surface area contributed by atoms with Gasteiger partial charge in [-0.2, -0.15) is 0 Å². The van der Waals surface area contributed by atoms with E-state index in [4.69, 9.17) is 9.97 Å². The van der Waals surface area contributed by atoms with Crippen LogP contribution in [0.4, 0.5) is 16.3 Å². The molecule has 1 aromatic heterocycles. The zero-order valence-electron chi connectivity index (χ0n) is 19.4. The van der Waals surface area contributed by atoms with E-state index in [1.807, 2.05) is 59.5 Å². The van der Waals surface area contributed by atoms with Gasteiger partial charge in [0.1, 0.15) is 5.82 Å². The summed E-state index contributed by atoms with van der Waals surface area (Å²) in [5, 5.41) is 3.03. The first-order valence-corrected chi connectivity index (χ1v) is 12.2. The van der Waals surface area contributed by atoms with Crippen molar-refractivity contribution in [1.29, 1.82) is 0 Å². The number of halogens is 1. The van der Waals surface area contributed by atoms with Crippen LogP contribution >= 0.6 is 15.9 Å². The lowest BCUT2D eigenvalue weighted by atomic mass is 10.0. The highest BCUT2D eigenvalue weighted by Crippen LogP contribution is 2.31. The summed E-state index contributed by atoms with van der Waals surface area (Å²) < 4.78 is 0.876. The normalized spacial score (nSPS) is 14.3. The van der Waals surface area contributed by atoms with Crippen LogP contribution in [-0.4, -0.2) is 47.1 Å². The molecule has 0 unspecified atom stereocenters. The largest absolute Gasteiger partial charge is 0.354 e. The number of carbonyl (C=O) groups is 1. The first-order chi connectivity index (χ1) is 15.9. The Morgan fingerprint density at radius 3 is 2.42 bits per heavy atom. The van der Waals surface area contributed by atoms with Gasteiger partial charge in [-0.25, -0.2) is 14.8 Å². The molecule has 1 fully saturated rings. The second kappa shape index (κ2) is 10.3. The fourth-order valence-corrected chi connectivity index (χ4v) is 4.67. The van der Waals surface area contributed by atoms with Gasteiger partial charge in [0, 0.05) is 47.5 Å². The standard InChI is InChI=1S/C26H30BrN5O/c1-18(2)23-19(3)28-24(20-10-5-4-6-11-20)30-25(23)31-14-9-15-32(17-16-31)26(33)29-22-13-8-7-12-21(22)27/h4-8,10-13,18H,9,14-17H2,1-3H3,(H,29,33). The smallest absolute Gasteiger partial charge is 0.321 e. The van der Waals surface area contributed by atoms with E-state index >= 15 is 0 Å². The molecule has 1 saturated heterocycles. The molecule has 2 heterocycles. The Hall–Kier alpha value is -2.93. The monoisotopic (exact) mass is 507 g/mol. The van der Waals surface area contributed by atoms with Crippen molar-refractivity contribution in [2.24, 2.45) is 0 Å². The average molecular weight is 508 g/mol. The molecule has 2 aromatic carbocycles. The van der Waals surface area contributed by atoms with Crippen molar-refractivity contribution >= 4 is 33.5 Å².